The van der Waals surface area contributed by atoms with E-state index >= 15 is 0 Å². The number of hydrogen-bond acceptors (Lipinski definition) is 6. The highest BCUT2D eigenvalue weighted by molar-refractivity contribution is 7.98. The van der Waals surface area contributed by atoms with Gasteiger partial charge in [0, 0.05) is 45.1 Å². The molecule has 0 fully saturated rings. The van der Waals surface area contributed by atoms with Crippen molar-refractivity contribution in [3.8, 4) is 0 Å². The molecule has 8 heteroatoms. The third-order valence-electron chi connectivity index (χ3n) is 3.41. The minimum Gasteiger partial charge on any atom is -0.394 e. The molecule has 23 heavy (non-hydrogen) atoms. The van der Waals surface area contributed by atoms with Crippen molar-refractivity contribution >= 4 is 29.1 Å². The summed E-state index contributed by atoms with van der Waals surface area (Å²) in [7, 11) is -4.87. The third kappa shape index (κ3) is 9.01. The second-order valence-corrected chi connectivity index (χ2v) is 12.1. The van der Waals surface area contributed by atoms with Crippen LogP contribution in [0.15, 0.2) is 0 Å². The number of hydrogen-bond donors (Lipinski definition) is 0. The SMILES string of the molecule is CCO[Si](CCSC)(CC[Si](OCC)(OCC)OCC)OCC. The highest BCUT2D eigenvalue weighted by Crippen LogP contribution is 2.29. The molecule has 0 radical (unpaired) electrons. The fraction of sp³-hybridized carbons (Fsp3) is 1.00. The van der Waals surface area contributed by atoms with E-state index in [9.17, 15) is 0 Å². The Morgan fingerprint density at radius 1 is 0.609 bits per heavy atom. The first-order chi connectivity index (χ1) is 11.1. The van der Waals surface area contributed by atoms with Crippen LogP contribution >= 0.6 is 11.8 Å². The molecule has 0 aromatic rings. The van der Waals surface area contributed by atoms with E-state index in [1.165, 1.54) is 0 Å². The summed E-state index contributed by atoms with van der Waals surface area (Å²) in [5, 5.41) is 0. The molecule has 0 saturated heterocycles. The van der Waals surface area contributed by atoms with E-state index in [1.807, 2.05) is 46.4 Å². The van der Waals surface area contributed by atoms with Gasteiger partial charge in [0.15, 0.2) is 0 Å². The number of rotatable bonds is 16. The predicted molar refractivity (Wildman–Crippen MR) is 102 cm³/mol. The van der Waals surface area contributed by atoms with Crippen molar-refractivity contribution in [3.05, 3.63) is 0 Å². The Labute approximate surface area is 149 Å². The van der Waals surface area contributed by atoms with Crippen molar-refractivity contribution in [2.45, 2.75) is 52.8 Å². The molecule has 0 unspecified atom stereocenters. The molecule has 5 nitrogen and oxygen atoms in total. The lowest BCUT2D eigenvalue weighted by Crippen LogP contribution is -2.50. The molecule has 0 atom stereocenters. The van der Waals surface area contributed by atoms with Crippen LogP contribution in [0.25, 0.3) is 0 Å². The Hall–Kier alpha value is 0.584. The van der Waals surface area contributed by atoms with Gasteiger partial charge in [-0.25, -0.2) is 0 Å². The maximum atomic E-state index is 6.16. The van der Waals surface area contributed by atoms with Crippen LogP contribution in [0.1, 0.15) is 34.6 Å². The van der Waals surface area contributed by atoms with E-state index in [4.69, 9.17) is 22.1 Å². The Morgan fingerprint density at radius 3 is 1.39 bits per heavy atom. The van der Waals surface area contributed by atoms with Crippen LogP contribution < -0.4 is 0 Å². The van der Waals surface area contributed by atoms with Crippen molar-refractivity contribution in [1.29, 1.82) is 0 Å². The van der Waals surface area contributed by atoms with Crippen LogP contribution in [0.4, 0.5) is 0 Å². The average Bonchev–Trinajstić information content (AvgIpc) is 2.52. The van der Waals surface area contributed by atoms with Gasteiger partial charge in [-0.3, -0.25) is 0 Å². The molecule has 0 aliphatic rings. The maximum absolute atomic E-state index is 6.16. The lowest BCUT2D eigenvalue weighted by molar-refractivity contribution is 0.0711. The molecule has 0 heterocycles. The molecule has 0 bridgehead atoms. The summed E-state index contributed by atoms with van der Waals surface area (Å²) in [4.78, 5) is 0. The van der Waals surface area contributed by atoms with E-state index in [1.54, 1.807) is 0 Å². The van der Waals surface area contributed by atoms with Gasteiger partial charge in [-0.1, -0.05) is 0 Å². The summed E-state index contributed by atoms with van der Waals surface area (Å²) < 4.78 is 30.2. The summed E-state index contributed by atoms with van der Waals surface area (Å²) >= 11 is 1.84. The summed E-state index contributed by atoms with van der Waals surface area (Å²) in [5.41, 5.74) is 0. The van der Waals surface area contributed by atoms with E-state index in [0.29, 0.717) is 33.0 Å². The average molecular weight is 385 g/mol. The van der Waals surface area contributed by atoms with Crippen LogP contribution in [0.3, 0.4) is 0 Å². The first-order valence-electron chi connectivity index (χ1n) is 8.76. The molecule has 0 aromatic carbocycles. The molecule has 0 saturated carbocycles. The van der Waals surface area contributed by atoms with E-state index in [0.717, 1.165) is 23.9 Å². The van der Waals surface area contributed by atoms with Gasteiger partial charge in [0.25, 0.3) is 0 Å². The third-order valence-corrected chi connectivity index (χ3v) is 11.6. The van der Waals surface area contributed by atoms with Gasteiger partial charge in [0.05, 0.1) is 0 Å². The molecule has 0 amide bonds. The van der Waals surface area contributed by atoms with E-state index < -0.39 is 17.4 Å². The number of thioether (sulfide) groups is 1. The zero-order valence-electron chi connectivity index (χ0n) is 15.8. The van der Waals surface area contributed by atoms with Gasteiger partial charge in [0.1, 0.15) is 0 Å². The standard InChI is InChI=1S/C15H36O5SSi2/c1-7-16-22(17-8-2,13-12-21-6)14-15-23(18-9-3,19-10-4)20-11-5/h7-15H2,1-6H3. The summed E-state index contributed by atoms with van der Waals surface area (Å²) in [6.07, 6.45) is 2.12. The van der Waals surface area contributed by atoms with Crippen LogP contribution in [0.5, 0.6) is 0 Å². The van der Waals surface area contributed by atoms with Gasteiger partial charge < -0.3 is 22.1 Å². The molecular formula is C15H36O5SSi2. The molecule has 140 valence electrons. The maximum Gasteiger partial charge on any atom is 0.500 e. The van der Waals surface area contributed by atoms with Gasteiger partial charge in [0.2, 0.25) is 0 Å². The van der Waals surface area contributed by atoms with Crippen LogP contribution in [0, 0.1) is 0 Å². The molecule has 0 rings (SSSR count). The topological polar surface area (TPSA) is 46.2 Å². The van der Waals surface area contributed by atoms with Crippen molar-refractivity contribution in [3.63, 3.8) is 0 Å². The molecule has 0 N–H and O–H groups in total. The molecule has 0 aliphatic heterocycles. The van der Waals surface area contributed by atoms with E-state index in [-0.39, 0.29) is 0 Å². The monoisotopic (exact) mass is 384 g/mol. The van der Waals surface area contributed by atoms with Crippen LogP contribution in [-0.4, -0.2) is 62.4 Å². The minimum atomic E-state index is -2.63. The summed E-state index contributed by atoms with van der Waals surface area (Å²) in [6.45, 7) is 13.2. The molecule has 0 spiro atoms. The molecule has 0 aromatic heterocycles. The fourth-order valence-corrected chi connectivity index (χ4v) is 11.4. The van der Waals surface area contributed by atoms with Gasteiger partial charge in [-0.15, -0.1) is 0 Å². The molecule has 0 aliphatic carbocycles. The first-order valence-corrected chi connectivity index (χ1v) is 14.3. The highest BCUT2D eigenvalue weighted by atomic mass is 32.2. The van der Waals surface area contributed by atoms with Gasteiger partial charge in [-0.05, 0) is 52.7 Å². The van der Waals surface area contributed by atoms with Crippen molar-refractivity contribution in [2.75, 3.05) is 45.0 Å². The molecular weight excluding hydrogens is 348 g/mol. The quantitative estimate of drug-likeness (QED) is 0.376. The van der Waals surface area contributed by atoms with Gasteiger partial charge in [-0.2, -0.15) is 11.8 Å². The van der Waals surface area contributed by atoms with Crippen LogP contribution in [-0.2, 0) is 22.1 Å². The second-order valence-electron chi connectivity index (χ2n) is 5.00. The largest absolute Gasteiger partial charge is 0.500 e. The van der Waals surface area contributed by atoms with Crippen molar-refractivity contribution < 1.29 is 22.1 Å². The Bertz CT molecular complexity index is 262. The summed E-state index contributed by atoms with van der Waals surface area (Å²) in [6, 6.07) is 2.62. The fourth-order valence-electron chi connectivity index (χ4n) is 2.58. The highest BCUT2D eigenvalue weighted by Gasteiger charge is 2.46. The first kappa shape index (κ1) is 23.6. The zero-order chi connectivity index (χ0) is 17.6. The summed E-state index contributed by atoms with van der Waals surface area (Å²) in [5.74, 6) is 1.05. The van der Waals surface area contributed by atoms with Crippen molar-refractivity contribution in [2.24, 2.45) is 0 Å². The van der Waals surface area contributed by atoms with Crippen molar-refractivity contribution in [1.82, 2.24) is 0 Å². The second kappa shape index (κ2) is 13.8. The lowest BCUT2D eigenvalue weighted by Gasteiger charge is -2.34. The zero-order valence-corrected chi connectivity index (χ0v) is 18.6. The Kier molecular flexibility index (Phi) is 14.2. The minimum absolute atomic E-state index is 0.606. The normalized spacial score (nSPS) is 12.8. The van der Waals surface area contributed by atoms with Crippen LogP contribution in [0.2, 0.25) is 18.1 Å². The lowest BCUT2D eigenvalue weighted by atomic mass is 10.9. The van der Waals surface area contributed by atoms with Gasteiger partial charge >= 0.3 is 17.4 Å². The Morgan fingerprint density at radius 2 is 1.04 bits per heavy atom. The van der Waals surface area contributed by atoms with E-state index in [2.05, 4.69) is 6.26 Å². The predicted octanol–water partition coefficient (Wildman–Crippen LogP) is 3.91. The Balaban J connectivity index is 5.09. The smallest absolute Gasteiger partial charge is 0.394 e.